The van der Waals surface area contributed by atoms with Crippen molar-refractivity contribution >= 4 is 0 Å². The first-order valence-electron chi connectivity index (χ1n) is 2.28. The smallest absolute Gasteiger partial charge is 0.203 e. The second kappa shape index (κ2) is 3.00. The van der Waals surface area contributed by atoms with Crippen LogP contribution in [-0.4, -0.2) is 10.2 Å². The van der Waals surface area contributed by atoms with E-state index in [0.29, 0.717) is 0 Å². The van der Waals surface area contributed by atoms with Gasteiger partial charge in [-0.1, -0.05) is 13.2 Å². The predicted octanol–water partition coefficient (Wildman–Crippen LogP) is 2.28. The minimum Gasteiger partial charge on any atom is -0.505 e. The van der Waals surface area contributed by atoms with Crippen molar-refractivity contribution < 1.29 is 19.0 Å². The van der Waals surface area contributed by atoms with E-state index in [1.54, 1.807) is 0 Å². The molecule has 0 aromatic rings. The molecule has 0 unspecified atom stereocenters. The van der Waals surface area contributed by atoms with E-state index in [1.165, 1.54) is 0 Å². The fraction of sp³-hybridized carbons (Fsp3) is 0. The number of allylic oxidation sites excluding steroid dienone is 2. The highest BCUT2D eigenvalue weighted by Gasteiger charge is 2.10. The van der Waals surface area contributed by atoms with E-state index >= 15 is 0 Å². The Bertz CT molecular complexity index is 184. The maximum absolute atomic E-state index is 12.1. The van der Waals surface area contributed by atoms with Gasteiger partial charge in [-0.25, -0.2) is 0 Å². The van der Waals surface area contributed by atoms with E-state index in [0.717, 1.165) is 0 Å². The van der Waals surface area contributed by atoms with Crippen LogP contribution in [0.25, 0.3) is 0 Å². The normalized spacial score (nSPS) is 12.2. The molecule has 0 fully saturated rings. The Hall–Kier alpha value is -1.32. The second-order valence-electron chi connectivity index (χ2n) is 1.52. The third-order valence-electron chi connectivity index (χ3n) is 0.699. The van der Waals surface area contributed by atoms with Crippen molar-refractivity contribution in [1.29, 1.82) is 0 Å². The number of hydrogen-bond donors (Lipinski definition) is 2. The maximum Gasteiger partial charge on any atom is 0.203 e. The van der Waals surface area contributed by atoms with Crippen molar-refractivity contribution in [3.8, 4) is 0 Å². The SMILES string of the molecule is C=C(O)/C(F)=C(/F)C(=C)O. The first-order valence-corrected chi connectivity index (χ1v) is 2.28. The molecule has 4 heteroatoms. The molecule has 56 valence electrons. The molecule has 0 amide bonds. The zero-order valence-corrected chi connectivity index (χ0v) is 5.06. The van der Waals surface area contributed by atoms with Crippen LogP contribution in [0.15, 0.2) is 36.3 Å². The molecular formula is C6H6F2O2. The Labute approximate surface area is 56.4 Å². The van der Waals surface area contributed by atoms with Gasteiger partial charge in [-0.3, -0.25) is 0 Å². The molecule has 0 aromatic carbocycles. The molecule has 0 rings (SSSR count). The van der Waals surface area contributed by atoms with Crippen molar-refractivity contribution in [2.45, 2.75) is 0 Å². The first-order chi connectivity index (χ1) is 4.46. The van der Waals surface area contributed by atoms with Crippen molar-refractivity contribution in [3.05, 3.63) is 36.3 Å². The summed E-state index contributed by atoms with van der Waals surface area (Å²) in [6.07, 6.45) is 0. The summed E-state index contributed by atoms with van der Waals surface area (Å²) in [5.74, 6) is -5.36. The predicted molar refractivity (Wildman–Crippen MR) is 32.8 cm³/mol. The fourth-order valence-corrected chi connectivity index (χ4v) is 0.253. The number of hydrogen-bond acceptors (Lipinski definition) is 2. The number of halogens is 2. The highest BCUT2D eigenvalue weighted by atomic mass is 19.2. The topological polar surface area (TPSA) is 40.5 Å². The summed E-state index contributed by atoms with van der Waals surface area (Å²) >= 11 is 0. The van der Waals surface area contributed by atoms with Gasteiger partial charge in [0.15, 0.2) is 0 Å². The van der Waals surface area contributed by atoms with Gasteiger partial charge in [0, 0.05) is 0 Å². The minimum atomic E-state index is -1.60. The van der Waals surface area contributed by atoms with E-state index in [1.807, 2.05) is 0 Å². The summed E-state index contributed by atoms with van der Waals surface area (Å²) < 4.78 is 24.2. The van der Waals surface area contributed by atoms with Crippen LogP contribution < -0.4 is 0 Å². The van der Waals surface area contributed by atoms with Gasteiger partial charge in [0.1, 0.15) is 11.5 Å². The molecule has 0 spiro atoms. The average molecular weight is 148 g/mol. The van der Waals surface area contributed by atoms with Crippen LogP contribution in [-0.2, 0) is 0 Å². The summed E-state index contributed by atoms with van der Waals surface area (Å²) in [5.41, 5.74) is 0. The van der Waals surface area contributed by atoms with Gasteiger partial charge in [-0.2, -0.15) is 8.78 Å². The Morgan fingerprint density at radius 2 is 1.10 bits per heavy atom. The molecule has 0 aliphatic rings. The van der Waals surface area contributed by atoms with E-state index in [-0.39, 0.29) is 0 Å². The first kappa shape index (κ1) is 8.68. The molecule has 0 aliphatic heterocycles. The molecule has 0 bridgehead atoms. The molecule has 0 heterocycles. The number of rotatable bonds is 2. The maximum atomic E-state index is 12.1. The van der Waals surface area contributed by atoms with Gasteiger partial charge < -0.3 is 10.2 Å². The lowest BCUT2D eigenvalue weighted by Crippen LogP contribution is -1.87. The minimum absolute atomic E-state index is 1.08. The second-order valence-corrected chi connectivity index (χ2v) is 1.52. The lowest BCUT2D eigenvalue weighted by molar-refractivity contribution is 0.352. The molecule has 0 saturated heterocycles. The molecule has 0 atom stereocenters. The molecule has 0 radical (unpaired) electrons. The van der Waals surface area contributed by atoms with Crippen LogP contribution >= 0.6 is 0 Å². The lowest BCUT2D eigenvalue weighted by Gasteiger charge is -1.95. The van der Waals surface area contributed by atoms with Crippen LogP contribution in [0.3, 0.4) is 0 Å². The van der Waals surface area contributed by atoms with Crippen molar-refractivity contribution in [3.63, 3.8) is 0 Å². The Kier molecular flexibility index (Phi) is 2.61. The van der Waals surface area contributed by atoms with Crippen LogP contribution in [0.4, 0.5) is 8.78 Å². The van der Waals surface area contributed by atoms with Crippen molar-refractivity contribution in [1.82, 2.24) is 0 Å². The average Bonchev–Trinajstić information content (AvgIpc) is 1.84. The van der Waals surface area contributed by atoms with E-state index < -0.39 is 23.2 Å². The fourth-order valence-electron chi connectivity index (χ4n) is 0.253. The van der Waals surface area contributed by atoms with Gasteiger partial charge in [-0.15, -0.1) is 0 Å². The van der Waals surface area contributed by atoms with Gasteiger partial charge in [0.05, 0.1) is 0 Å². The van der Waals surface area contributed by atoms with Gasteiger partial charge in [0.2, 0.25) is 11.7 Å². The number of aliphatic hydroxyl groups excluding tert-OH is 2. The largest absolute Gasteiger partial charge is 0.505 e. The summed E-state index contributed by atoms with van der Waals surface area (Å²) in [6, 6.07) is 0. The van der Waals surface area contributed by atoms with Crippen LogP contribution in [0, 0.1) is 0 Å². The third kappa shape index (κ3) is 1.89. The zero-order chi connectivity index (χ0) is 8.31. The molecule has 2 N–H and O–H groups in total. The van der Waals surface area contributed by atoms with E-state index in [9.17, 15) is 8.78 Å². The van der Waals surface area contributed by atoms with Crippen LogP contribution in [0.5, 0.6) is 0 Å². The standard InChI is InChI=1S/C6H6F2O2/c1-3(9)5(7)6(8)4(2)10/h9-10H,1-2H2/b6-5-. The van der Waals surface area contributed by atoms with Crippen molar-refractivity contribution in [2.24, 2.45) is 0 Å². The van der Waals surface area contributed by atoms with Crippen LogP contribution in [0.1, 0.15) is 0 Å². The molecule has 0 saturated carbocycles. The lowest BCUT2D eigenvalue weighted by atomic mass is 10.3. The summed E-state index contributed by atoms with van der Waals surface area (Å²) in [5, 5.41) is 16.4. The number of aliphatic hydroxyl groups is 2. The molecule has 10 heavy (non-hydrogen) atoms. The van der Waals surface area contributed by atoms with E-state index in [4.69, 9.17) is 10.2 Å². The molecular weight excluding hydrogens is 142 g/mol. The highest BCUT2D eigenvalue weighted by Crippen LogP contribution is 2.17. The molecule has 0 aliphatic carbocycles. The Morgan fingerprint density at radius 1 is 0.900 bits per heavy atom. The van der Waals surface area contributed by atoms with E-state index in [2.05, 4.69) is 13.2 Å². The van der Waals surface area contributed by atoms with Gasteiger partial charge in [-0.05, 0) is 0 Å². The zero-order valence-electron chi connectivity index (χ0n) is 5.06. The van der Waals surface area contributed by atoms with Gasteiger partial charge in [0.25, 0.3) is 0 Å². The quantitative estimate of drug-likeness (QED) is 0.465. The Morgan fingerprint density at radius 3 is 1.20 bits per heavy atom. The third-order valence-corrected chi connectivity index (χ3v) is 0.699. The summed E-state index contributed by atoms with van der Waals surface area (Å²) in [6.45, 7) is 5.38. The summed E-state index contributed by atoms with van der Waals surface area (Å²) in [7, 11) is 0. The van der Waals surface area contributed by atoms with Gasteiger partial charge >= 0.3 is 0 Å². The Balaban J connectivity index is 4.67. The molecule has 2 nitrogen and oxygen atoms in total. The monoisotopic (exact) mass is 148 g/mol. The summed E-state index contributed by atoms with van der Waals surface area (Å²) in [4.78, 5) is 0. The van der Waals surface area contributed by atoms with Crippen LogP contribution in [0.2, 0.25) is 0 Å². The van der Waals surface area contributed by atoms with Crippen molar-refractivity contribution in [2.75, 3.05) is 0 Å². The highest BCUT2D eigenvalue weighted by molar-refractivity contribution is 5.27. The molecule has 0 aromatic heterocycles.